The lowest BCUT2D eigenvalue weighted by molar-refractivity contribution is 0.0793. The summed E-state index contributed by atoms with van der Waals surface area (Å²) in [6, 6.07) is 10.8. The molecule has 0 radical (unpaired) electrons. The van der Waals surface area contributed by atoms with Gasteiger partial charge < -0.3 is 9.88 Å². The molecule has 1 aliphatic rings. The van der Waals surface area contributed by atoms with Crippen LogP contribution in [0.25, 0.3) is 11.1 Å². The average molecular weight is 268 g/mol. The molecule has 1 fully saturated rings. The van der Waals surface area contributed by atoms with Crippen molar-refractivity contribution < 1.29 is 4.79 Å². The van der Waals surface area contributed by atoms with E-state index in [1.807, 2.05) is 29.2 Å². The van der Waals surface area contributed by atoms with Crippen molar-refractivity contribution in [2.75, 3.05) is 13.1 Å². The topological polar surface area (TPSA) is 53.2 Å². The maximum atomic E-state index is 12.4. The number of nitrogens with zero attached hydrogens (tertiary/aromatic N) is 1. The van der Waals surface area contributed by atoms with Gasteiger partial charge >= 0.3 is 0 Å². The van der Waals surface area contributed by atoms with Crippen LogP contribution in [0.15, 0.2) is 47.4 Å². The zero-order valence-electron chi connectivity index (χ0n) is 11.1. The summed E-state index contributed by atoms with van der Waals surface area (Å²) in [5.41, 5.74) is 2.42. The number of nitrogens with one attached hydrogen (secondary N) is 1. The van der Waals surface area contributed by atoms with Gasteiger partial charge in [-0.2, -0.15) is 0 Å². The fraction of sp³-hybridized carbons (Fsp3) is 0.250. The molecule has 1 aliphatic heterocycles. The molecule has 0 bridgehead atoms. The lowest BCUT2D eigenvalue weighted by atomic mass is 10.0. The number of aromatic nitrogens is 1. The Morgan fingerprint density at radius 2 is 1.85 bits per heavy atom. The Labute approximate surface area is 117 Å². The van der Waals surface area contributed by atoms with Gasteiger partial charge in [0.2, 0.25) is 5.56 Å². The SMILES string of the molecule is O=C(c1cccc(-c2ccc(=O)[nH]c2)c1)N1CCCC1. The van der Waals surface area contributed by atoms with Crippen LogP contribution in [0.4, 0.5) is 0 Å². The molecule has 1 amide bonds. The largest absolute Gasteiger partial charge is 0.339 e. The highest BCUT2D eigenvalue weighted by atomic mass is 16.2. The van der Waals surface area contributed by atoms with Gasteiger partial charge in [0, 0.05) is 30.9 Å². The van der Waals surface area contributed by atoms with Crippen LogP contribution in [0, 0.1) is 0 Å². The number of benzene rings is 1. The van der Waals surface area contributed by atoms with E-state index in [0.29, 0.717) is 5.56 Å². The highest BCUT2D eigenvalue weighted by Gasteiger charge is 2.19. The number of likely N-dealkylation sites (tertiary alicyclic amines) is 1. The summed E-state index contributed by atoms with van der Waals surface area (Å²) in [6.07, 6.45) is 3.85. The van der Waals surface area contributed by atoms with Gasteiger partial charge in [-0.1, -0.05) is 12.1 Å². The van der Waals surface area contributed by atoms with E-state index in [4.69, 9.17) is 0 Å². The molecule has 20 heavy (non-hydrogen) atoms. The number of hydrogen-bond acceptors (Lipinski definition) is 2. The first-order valence-electron chi connectivity index (χ1n) is 6.82. The Bertz CT molecular complexity index is 664. The third-order valence-corrected chi connectivity index (χ3v) is 3.62. The van der Waals surface area contributed by atoms with Crippen LogP contribution in [0.5, 0.6) is 0 Å². The summed E-state index contributed by atoms with van der Waals surface area (Å²) in [7, 11) is 0. The molecule has 4 heteroatoms. The van der Waals surface area contributed by atoms with Crippen LogP contribution in [0.1, 0.15) is 23.2 Å². The summed E-state index contributed by atoms with van der Waals surface area (Å²) in [5.74, 6) is 0.0915. The third kappa shape index (κ3) is 2.50. The van der Waals surface area contributed by atoms with Crippen molar-refractivity contribution in [2.24, 2.45) is 0 Å². The number of hydrogen-bond donors (Lipinski definition) is 1. The van der Waals surface area contributed by atoms with E-state index in [2.05, 4.69) is 4.98 Å². The van der Waals surface area contributed by atoms with Crippen molar-refractivity contribution in [3.05, 3.63) is 58.5 Å². The molecule has 1 aromatic heterocycles. The fourth-order valence-corrected chi connectivity index (χ4v) is 2.52. The van der Waals surface area contributed by atoms with E-state index in [1.54, 1.807) is 12.3 Å². The second-order valence-electron chi connectivity index (χ2n) is 5.02. The number of H-pyrrole nitrogens is 1. The molecule has 4 nitrogen and oxygen atoms in total. The van der Waals surface area contributed by atoms with Gasteiger partial charge in [-0.25, -0.2) is 0 Å². The van der Waals surface area contributed by atoms with Crippen LogP contribution in [0.3, 0.4) is 0 Å². The molecule has 0 saturated carbocycles. The minimum Gasteiger partial charge on any atom is -0.339 e. The molecule has 2 heterocycles. The van der Waals surface area contributed by atoms with E-state index < -0.39 is 0 Å². The zero-order valence-corrected chi connectivity index (χ0v) is 11.1. The number of rotatable bonds is 2. The van der Waals surface area contributed by atoms with E-state index in [1.165, 1.54) is 6.07 Å². The Hall–Kier alpha value is -2.36. The molecule has 1 N–H and O–H groups in total. The molecule has 0 aliphatic carbocycles. The van der Waals surface area contributed by atoms with Gasteiger partial charge in [-0.15, -0.1) is 0 Å². The predicted molar refractivity (Wildman–Crippen MR) is 77.6 cm³/mol. The number of aromatic amines is 1. The van der Waals surface area contributed by atoms with E-state index in [9.17, 15) is 9.59 Å². The highest BCUT2D eigenvalue weighted by Crippen LogP contribution is 2.20. The van der Waals surface area contributed by atoms with Gasteiger partial charge in [0.25, 0.3) is 5.91 Å². The summed E-state index contributed by atoms with van der Waals surface area (Å²) < 4.78 is 0. The molecule has 1 saturated heterocycles. The minimum absolute atomic E-state index is 0.0915. The van der Waals surface area contributed by atoms with Gasteiger partial charge in [-0.3, -0.25) is 9.59 Å². The Morgan fingerprint density at radius 1 is 1.05 bits per heavy atom. The fourth-order valence-electron chi connectivity index (χ4n) is 2.52. The van der Waals surface area contributed by atoms with Gasteiger partial charge in [0.15, 0.2) is 0 Å². The number of carbonyl (C=O) groups is 1. The molecule has 0 spiro atoms. The van der Waals surface area contributed by atoms with Crippen LogP contribution in [-0.4, -0.2) is 28.9 Å². The van der Waals surface area contributed by atoms with Crippen molar-refractivity contribution in [3.63, 3.8) is 0 Å². The summed E-state index contributed by atoms with van der Waals surface area (Å²) in [4.78, 5) is 28.0. The number of pyridine rings is 1. The standard InChI is InChI=1S/C16H16N2O2/c19-15-7-6-14(11-17-15)12-4-3-5-13(10-12)16(20)18-8-1-2-9-18/h3-7,10-11H,1-2,8-9H2,(H,17,19). The quantitative estimate of drug-likeness (QED) is 0.908. The predicted octanol–water partition coefficient (Wildman–Crippen LogP) is 2.28. The van der Waals surface area contributed by atoms with Crippen LogP contribution >= 0.6 is 0 Å². The van der Waals surface area contributed by atoms with Crippen molar-refractivity contribution in [2.45, 2.75) is 12.8 Å². The van der Waals surface area contributed by atoms with E-state index in [-0.39, 0.29) is 11.5 Å². The number of carbonyl (C=O) groups excluding carboxylic acids is 1. The molecule has 102 valence electrons. The molecule has 0 unspecified atom stereocenters. The maximum absolute atomic E-state index is 12.4. The van der Waals surface area contributed by atoms with Crippen LogP contribution in [0.2, 0.25) is 0 Å². The average Bonchev–Trinajstić information content (AvgIpc) is 3.01. The second-order valence-corrected chi connectivity index (χ2v) is 5.02. The smallest absolute Gasteiger partial charge is 0.253 e. The first-order chi connectivity index (χ1) is 9.74. The van der Waals surface area contributed by atoms with Crippen molar-refractivity contribution in [1.82, 2.24) is 9.88 Å². The monoisotopic (exact) mass is 268 g/mol. The molecule has 2 aromatic rings. The van der Waals surface area contributed by atoms with Gasteiger partial charge in [-0.05, 0) is 42.2 Å². The zero-order chi connectivity index (χ0) is 13.9. The molecular weight excluding hydrogens is 252 g/mol. The molecule has 1 aromatic carbocycles. The molecule has 3 rings (SSSR count). The van der Waals surface area contributed by atoms with E-state index in [0.717, 1.165) is 37.1 Å². The Kier molecular flexibility index (Phi) is 3.37. The number of amides is 1. The summed E-state index contributed by atoms with van der Waals surface area (Å²) in [5, 5.41) is 0. The van der Waals surface area contributed by atoms with Crippen LogP contribution < -0.4 is 5.56 Å². The summed E-state index contributed by atoms with van der Waals surface area (Å²) >= 11 is 0. The third-order valence-electron chi connectivity index (χ3n) is 3.62. The lowest BCUT2D eigenvalue weighted by Crippen LogP contribution is -2.27. The van der Waals surface area contributed by atoms with Crippen LogP contribution in [-0.2, 0) is 0 Å². The summed E-state index contributed by atoms with van der Waals surface area (Å²) in [6.45, 7) is 1.70. The maximum Gasteiger partial charge on any atom is 0.253 e. The van der Waals surface area contributed by atoms with Gasteiger partial charge in [0.1, 0.15) is 0 Å². The van der Waals surface area contributed by atoms with E-state index >= 15 is 0 Å². The van der Waals surface area contributed by atoms with Gasteiger partial charge in [0.05, 0.1) is 0 Å². The molecule has 0 atom stereocenters. The van der Waals surface area contributed by atoms with Crippen molar-refractivity contribution in [3.8, 4) is 11.1 Å². The lowest BCUT2D eigenvalue weighted by Gasteiger charge is -2.15. The Morgan fingerprint density at radius 3 is 2.55 bits per heavy atom. The van der Waals surface area contributed by atoms with Crippen molar-refractivity contribution in [1.29, 1.82) is 0 Å². The Balaban J connectivity index is 1.91. The normalized spacial score (nSPS) is 14.5. The minimum atomic E-state index is -0.127. The first kappa shape index (κ1) is 12.7. The second kappa shape index (κ2) is 5.33. The molecular formula is C16H16N2O2. The first-order valence-corrected chi connectivity index (χ1v) is 6.82. The van der Waals surface area contributed by atoms with Crippen molar-refractivity contribution >= 4 is 5.91 Å². The highest BCUT2D eigenvalue weighted by molar-refractivity contribution is 5.95.